The van der Waals surface area contributed by atoms with Gasteiger partial charge in [0, 0.05) is 6.42 Å². The summed E-state index contributed by atoms with van der Waals surface area (Å²) in [5.74, 6) is -0.192. The first-order valence-electron chi connectivity index (χ1n) is 5.54. The van der Waals surface area contributed by atoms with Gasteiger partial charge in [0.05, 0.1) is 6.61 Å². The van der Waals surface area contributed by atoms with Gasteiger partial charge in [0.2, 0.25) is 0 Å². The highest BCUT2D eigenvalue weighted by atomic mass is 16.5. The third-order valence-corrected chi connectivity index (χ3v) is 2.09. The SMILES string of the molecule is CCCCCC(CO)OC(=O)CCC. The Balaban J connectivity index is 3.61. The monoisotopic (exact) mass is 202 g/mol. The minimum atomic E-state index is -0.291. The first-order chi connectivity index (χ1) is 6.74. The minimum absolute atomic E-state index is 0.0564. The lowest BCUT2D eigenvalue weighted by molar-refractivity contribution is -0.151. The molecule has 1 N–H and O–H groups in total. The van der Waals surface area contributed by atoms with Crippen LogP contribution >= 0.6 is 0 Å². The molecule has 1 atom stereocenters. The molecule has 0 rings (SSSR count). The Morgan fingerprint density at radius 2 is 2.00 bits per heavy atom. The quantitative estimate of drug-likeness (QED) is 0.485. The molecule has 84 valence electrons. The second kappa shape index (κ2) is 9.00. The lowest BCUT2D eigenvalue weighted by Crippen LogP contribution is -2.21. The van der Waals surface area contributed by atoms with E-state index >= 15 is 0 Å². The molecule has 0 aromatic heterocycles. The van der Waals surface area contributed by atoms with Crippen molar-refractivity contribution in [1.82, 2.24) is 0 Å². The highest BCUT2D eigenvalue weighted by Gasteiger charge is 2.11. The van der Waals surface area contributed by atoms with Crippen molar-refractivity contribution >= 4 is 5.97 Å². The third kappa shape index (κ3) is 6.89. The van der Waals surface area contributed by atoms with Crippen LogP contribution in [0.5, 0.6) is 0 Å². The Hall–Kier alpha value is -0.570. The standard InChI is InChI=1S/C11H22O3/c1-3-5-6-8-10(9-12)14-11(13)7-4-2/h10,12H,3-9H2,1-2H3. The molecule has 0 radical (unpaired) electrons. The number of ether oxygens (including phenoxy) is 1. The molecule has 0 spiro atoms. The molecule has 14 heavy (non-hydrogen) atoms. The number of hydrogen-bond donors (Lipinski definition) is 1. The average Bonchev–Trinajstić information content (AvgIpc) is 2.17. The highest BCUT2D eigenvalue weighted by molar-refractivity contribution is 5.69. The number of aliphatic hydroxyl groups excluding tert-OH is 1. The van der Waals surface area contributed by atoms with Crippen LogP contribution in [0.25, 0.3) is 0 Å². The smallest absolute Gasteiger partial charge is 0.306 e. The maximum atomic E-state index is 11.1. The number of carbonyl (C=O) groups is 1. The van der Waals surface area contributed by atoms with Crippen LogP contribution in [-0.4, -0.2) is 23.8 Å². The van der Waals surface area contributed by atoms with Crippen molar-refractivity contribution in [2.75, 3.05) is 6.61 Å². The molecule has 0 aliphatic carbocycles. The van der Waals surface area contributed by atoms with Crippen molar-refractivity contribution in [3.8, 4) is 0 Å². The van der Waals surface area contributed by atoms with Crippen LogP contribution in [0, 0.1) is 0 Å². The Labute approximate surface area is 86.5 Å². The van der Waals surface area contributed by atoms with Gasteiger partial charge in [-0.25, -0.2) is 0 Å². The maximum absolute atomic E-state index is 11.1. The topological polar surface area (TPSA) is 46.5 Å². The predicted molar refractivity (Wildman–Crippen MR) is 56.0 cm³/mol. The normalized spacial score (nSPS) is 12.5. The van der Waals surface area contributed by atoms with Gasteiger partial charge < -0.3 is 9.84 Å². The van der Waals surface area contributed by atoms with Gasteiger partial charge >= 0.3 is 5.97 Å². The molecule has 0 aliphatic rings. The first kappa shape index (κ1) is 13.4. The number of unbranched alkanes of at least 4 members (excludes halogenated alkanes) is 2. The van der Waals surface area contributed by atoms with E-state index in [4.69, 9.17) is 9.84 Å². The van der Waals surface area contributed by atoms with Gasteiger partial charge in [0.15, 0.2) is 0 Å². The Morgan fingerprint density at radius 3 is 2.50 bits per heavy atom. The molecule has 0 aromatic rings. The molecule has 3 heteroatoms. The largest absolute Gasteiger partial charge is 0.460 e. The third-order valence-electron chi connectivity index (χ3n) is 2.09. The molecule has 0 bridgehead atoms. The van der Waals surface area contributed by atoms with E-state index in [1.54, 1.807) is 0 Å². The second-order valence-corrected chi connectivity index (χ2v) is 3.54. The van der Waals surface area contributed by atoms with E-state index in [1.165, 1.54) is 0 Å². The zero-order valence-electron chi connectivity index (χ0n) is 9.29. The van der Waals surface area contributed by atoms with E-state index in [1.807, 2.05) is 6.92 Å². The van der Waals surface area contributed by atoms with Crippen LogP contribution in [-0.2, 0) is 9.53 Å². The molecular weight excluding hydrogens is 180 g/mol. The van der Waals surface area contributed by atoms with Gasteiger partial charge in [-0.15, -0.1) is 0 Å². The zero-order valence-corrected chi connectivity index (χ0v) is 9.29. The van der Waals surface area contributed by atoms with Gasteiger partial charge in [-0.1, -0.05) is 26.7 Å². The summed E-state index contributed by atoms with van der Waals surface area (Å²) in [6.45, 7) is 4.00. The van der Waals surface area contributed by atoms with Gasteiger partial charge in [-0.05, 0) is 19.3 Å². The van der Waals surface area contributed by atoms with Crippen molar-refractivity contribution in [3.05, 3.63) is 0 Å². The summed E-state index contributed by atoms with van der Waals surface area (Å²) in [5, 5.41) is 8.97. The van der Waals surface area contributed by atoms with E-state index in [-0.39, 0.29) is 18.7 Å². The van der Waals surface area contributed by atoms with Gasteiger partial charge in [-0.2, -0.15) is 0 Å². The molecule has 0 aromatic carbocycles. The van der Waals surface area contributed by atoms with E-state index in [0.29, 0.717) is 6.42 Å². The minimum Gasteiger partial charge on any atom is -0.460 e. The molecule has 0 aliphatic heterocycles. The lowest BCUT2D eigenvalue weighted by atomic mass is 10.1. The average molecular weight is 202 g/mol. The fraction of sp³-hybridized carbons (Fsp3) is 0.909. The Morgan fingerprint density at radius 1 is 1.29 bits per heavy atom. The van der Waals surface area contributed by atoms with Crippen molar-refractivity contribution in [2.45, 2.75) is 58.5 Å². The number of rotatable bonds is 8. The zero-order chi connectivity index (χ0) is 10.8. The summed E-state index contributed by atoms with van der Waals surface area (Å²) >= 11 is 0. The second-order valence-electron chi connectivity index (χ2n) is 3.54. The Kier molecular flexibility index (Phi) is 8.64. The highest BCUT2D eigenvalue weighted by Crippen LogP contribution is 2.07. The van der Waals surface area contributed by atoms with E-state index in [9.17, 15) is 4.79 Å². The molecule has 3 nitrogen and oxygen atoms in total. The van der Waals surface area contributed by atoms with E-state index in [0.717, 1.165) is 32.1 Å². The predicted octanol–water partition coefficient (Wildman–Crippen LogP) is 2.27. The van der Waals surface area contributed by atoms with Gasteiger partial charge in [0.25, 0.3) is 0 Å². The first-order valence-corrected chi connectivity index (χ1v) is 5.54. The molecular formula is C11H22O3. The molecule has 1 unspecified atom stereocenters. The van der Waals surface area contributed by atoms with Gasteiger partial charge in [-0.3, -0.25) is 4.79 Å². The fourth-order valence-electron chi connectivity index (χ4n) is 1.26. The summed E-state index contributed by atoms with van der Waals surface area (Å²) in [6, 6.07) is 0. The van der Waals surface area contributed by atoms with E-state index < -0.39 is 0 Å². The van der Waals surface area contributed by atoms with Crippen LogP contribution in [0.15, 0.2) is 0 Å². The summed E-state index contributed by atoms with van der Waals surface area (Å²) in [6.07, 6.45) is 5.01. The van der Waals surface area contributed by atoms with Crippen molar-refractivity contribution in [3.63, 3.8) is 0 Å². The van der Waals surface area contributed by atoms with Crippen molar-refractivity contribution < 1.29 is 14.6 Å². The van der Waals surface area contributed by atoms with Crippen molar-refractivity contribution in [1.29, 1.82) is 0 Å². The molecule has 0 heterocycles. The lowest BCUT2D eigenvalue weighted by Gasteiger charge is -2.14. The van der Waals surface area contributed by atoms with Crippen LogP contribution in [0.1, 0.15) is 52.4 Å². The molecule has 0 amide bonds. The number of aliphatic hydroxyl groups is 1. The van der Waals surface area contributed by atoms with Gasteiger partial charge in [0.1, 0.15) is 6.10 Å². The Bertz CT molecular complexity index is 145. The summed E-state index contributed by atoms with van der Waals surface area (Å²) in [7, 11) is 0. The summed E-state index contributed by atoms with van der Waals surface area (Å²) in [5.41, 5.74) is 0. The number of carbonyl (C=O) groups excluding carboxylic acids is 1. The number of esters is 1. The summed E-state index contributed by atoms with van der Waals surface area (Å²) < 4.78 is 5.10. The molecule has 0 fully saturated rings. The maximum Gasteiger partial charge on any atom is 0.306 e. The van der Waals surface area contributed by atoms with Crippen molar-refractivity contribution in [2.24, 2.45) is 0 Å². The van der Waals surface area contributed by atoms with Crippen LogP contribution in [0.2, 0.25) is 0 Å². The number of hydrogen-bond acceptors (Lipinski definition) is 3. The van der Waals surface area contributed by atoms with Crippen LogP contribution in [0.3, 0.4) is 0 Å². The van der Waals surface area contributed by atoms with Crippen LogP contribution in [0.4, 0.5) is 0 Å². The molecule has 0 saturated carbocycles. The van der Waals surface area contributed by atoms with Crippen LogP contribution < -0.4 is 0 Å². The molecule has 0 saturated heterocycles. The summed E-state index contributed by atoms with van der Waals surface area (Å²) in [4.78, 5) is 11.1. The fourth-order valence-corrected chi connectivity index (χ4v) is 1.26. The van der Waals surface area contributed by atoms with E-state index in [2.05, 4.69) is 6.92 Å².